The van der Waals surface area contributed by atoms with Crippen LogP contribution in [0.5, 0.6) is 0 Å². The highest BCUT2D eigenvalue weighted by atomic mass is 19.1. The van der Waals surface area contributed by atoms with Crippen LogP contribution < -0.4 is 10.6 Å². The maximum absolute atomic E-state index is 12.9. The third-order valence-electron chi connectivity index (χ3n) is 3.51. The lowest BCUT2D eigenvalue weighted by atomic mass is 10.1. The molecule has 0 spiro atoms. The number of rotatable bonds is 1. The van der Waals surface area contributed by atoms with E-state index in [2.05, 4.69) is 15.6 Å². The first-order valence-electron chi connectivity index (χ1n) is 6.75. The molecule has 0 aliphatic carbocycles. The molecule has 1 aromatic carbocycles. The van der Waals surface area contributed by atoms with E-state index >= 15 is 0 Å². The van der Waals surface area contributed by atoms with Crippen molar-refractivity contribution in [2.24, 2.45) is 4.99 Å². The van der Waals surface area contributed by atoms with E-state index in [1.807, 2.05) is 0 Å². The number of hydrogen-bond acceptors (Lipinski definition) is 5. The van der Waals surface area contributed by atoms with Gasteiger partial charge in [-0.05, 0) is 24.3 Å². The third kappa shape index (κ3) is 2.54. The number of nitrogens with one attached hydrogen (secondary N) is 2. The zero-order valence-corrected chi connectivity index (χ0v) is 11.5. The molecular weight excluding hydrogens is 291 g/mol. The summed E-state index contributed by atoms with van der Waals surface area (Å²) in [6.07, 6.45) is 0. The second-order valence-corrected chi connectivity index (χ2v) is 4.95. The zero-order chi connectivity index (χ0) is 15.7. The molecule has 22 heavy (non-hydrogen) atoms. The summed E-state index contributed by atoms with van der Waals surface area (Å²) in [6, 6.07) is 4.10. The second kappa shape index (κ2) is 5.55. The fourth-order valence-electron chi connectivity index (χ4n) is 2.43. The minimum absolute atomic E-state index is 0.159. The summed E-state index contributed by atoms with van der Waals surface area (Å²) >= 11 is 0. The van der Waals surface area contributed by atoms with E-state index in [0.29, 0.717) is 13.1 Å². The highest BCUT2D eigenvalue weighted by Crippen LogP contribution is 2.12. The molecule has 2 aliphatic heterocycles. The van der Waals surface area contributed by atoms with Crippen molar-refractivity contribution in [3.8, 4) is 0 Å². The van der Waals surface area contributed by atoms with Crippen LogP contribution in [0.4, 0.5) is 4.39 Å². The number of amides is 2. The molecule has 114 valence electrons. The Kier molecular flexibility index (Phi) is 3.58. The quantitative estimate of drug-likeness (QED) is 0.671. The van der Waals surface area contributed by atoms with Gasteiger partial charge in [0.25, 0.3) is 11.8 Å². The first-order chi connectivity index (χ1) is 10.6. The highest BCUT2D eigenvalue weighted by Gasteiger charge is 2.40. The molecule has 1 saturated heterocycles. The van der Waals surface area contributed by atoms with Gasteiger partial charge in [-0.3, -0.25) is 19.7 Å². The van der Waals surface area contributed by atoms with Gasteiger partial charge in [-0.25, -0.2) is 9.38 Å². The van der Waals surface area contributed by atoms with Crippen LogP contribution >= 0.6 is 0 Å². The molecular formula is C14H13FN4O3. The summed E-state index contributed by atoms with van der Waals surface area (Å²) < 4.78 is 12.9. The Balaban J connectivity index is 1.79. The molecule has 1 aromatic rings. The van der Waals surface area contributed by atoms with E-state index in [4.69, 9.17) is 0 Å². The molecule has 7 nitrogen and oxygen atoms in total. The van der Waals surface area contributed by atoms with Gasteiger partial charge in [0.05, 0.1) is 0 Å². The normalized spacial score (nSPS) is 20.9. The fraction of sp³-hybridized carbons (Fsp3) is 0.286. The summed E-state index contributed by atoms with van der Waals surface area (Å²) in [5.41, 5.74) is 0.263. The number of guanidine groups is 1. The van der Waals surface area contributed by atoms with E-state index < -0.39 is 17.8 Å². The minimum Gasteiger partial charge on any atom is -0.352 e. The van der Waals surface area contributed by atoms with Gasteiger partial charge in [0.15, 0.2) is 11.8 Å². The lowest BCUT2D eigenvalue weighted by Crippen LogP contribution is -2.65. The minimum atomic E-state index is -0.949. The molecule has 0 unspecified atom stereocenters. The van der Waals surface area contributed by atoms with Gasteiger partial charge in [-0.15, -0.1) is 0 Å². The number of carbonyl (C=O) groups is 3. The van der Waals surface area contributed by atoms with Gasteiger partial charge >= 0.3 is 0 Å². The summed E-state index contributed by atoms with van der Waals surface area (Å²) in [5.74, 6) is -1.42. The van der Waals surface area contributed by atoms with Gasteiger partial charge in [0, 0.05) is 18.7 Å². The zero-order valence-electron chi connectivity index (χ0n) is 11.5. The SMILES string of the molecule is O=C(NC1=NCC(=O)[C@H]2C(=O)NCCN12)c1ccc(F)cc1. The lowest BCUT2D eigenvalue weighted by Gasteiger charge is -2.38. The molecule has 3 rings (SSSR count). The van der Waals surface area contributed by atoms with E-state index in [1.165, 1.54) is 29.2 Å². The molecule has 0 bridgehead atoms. The molecule has 2 amide bonds. The van der Waals surface area contributed by atoms with Crippen molar-refractivity contribution in [2.75, 3.05) is 19.6 Å². The monoisotopic (exact) mass is 304 g/mol. The van der Waals surface area contributed by atoms with Crippen LogP contribution in [0.25, 0.3) is 0 Å². The molecule has 2 aliphatic rings. The number of piperazine rings is 1. The number of aliphatic imine (C=N–C) groups is 1. The molecule has 2 heterocycles. The lowest BCUT2D eigenvalue weighted by molar-refractivity contribution is -0.135. The first kappa shape index (κ1) is 14.2. The van der Waals surface area contributed by atoms with Crippen LogP contribution in [-0.4, -0.2) is 54.1 Å². The number of fused-ring (bicyclic) bond motifs is 1. The van der Waals surface area contributed by atoms with Crippen LogP contribution in [0.2, 0.25) is 0 Å². The number of carbonyl (C=O) groups excluding carboxylic acids is 3. The largest absolute Gasteiger partial charge is 0.352 e. The fourth-order valence-corrected chi connectivity index (χ4v) is 2.43. The van der Waals surface area contributed by atoms with Gasteiger partial charge in [0.2, 0.25) is 5.96 Å². The number of benzene rings is 1. The second-order valence-electron chi connectivity index (χ2n) is 4.95. The van der Waals surface area contributed by atoms with Crippen molar-refractivity contribution in [2.45, 2.75) is 6.04 Å². The van der Waals surface area contributed by atoms with Gasteiger partial charge in [0.1, 0.15) is 12.4 Å². The molecule has 1 atom stereocenters. The summed E-state index contributed by atoms with van der Waals surface area (Å²) in [4.78, 5) is 41.2. The number of hydrogen-bond donors (Lipinski definition) is 2. The number of halogens is 1. The standard InChI is InChI=1S/C14H13FN4O3/c15-9-3-1-8(2-4-9)12(21)18-14-17-7-10(20)11-13(22)16-5-6-19(11)14/h1-4,11H,5-7H2,(H,16,22)(H,17,18,21)/t11-/m0/s1. The van der Waals surface area contributed by atoms with Crippen LogP contribution in [0.1, 0.15) is 10.4 Å². The maximum Gasteiger partial charge on any atom is 0.257 e. The van der Waals surface area contributed by atoms with Gasteiger partial charge < -0.3 is 10.2 Å². The van der Waals surface area contributed by atoms with Crippen molar-refractivity contribution >= 4 is 23.6 Å². The summed E-state index contributed by atoms with van der Waals surface area (Å²) in [5, 5.41) is 5.19. The van der Waals surface area contributed by atoms with Crippen molar-refractivity contribution in [1.82, 2.24) is 15.5 Å². The van der Waals surface area contributed by atoms with Gasteiger partial charge in [-0.2, -0.15) is 0 Å². The summed E-state index contributed by atoms with van der Waals surface area (Å²) in [7, 11) is 0. The summed E-state index contributed by atoms with van der Waals surface area (Å²) in [6.45, 7) is 0.590. The Bertz CT molecular complexity index is 671. The van der Waals surface area contributed by atoms with Crippen molar-refractivity contribution in [1.29, 1.82) is 0 Å². The van der Waals surface area contributed by atoms with Crippen molar-refractivity contribution < 1.29 is 18.8 Å². The highest BCUT2D eigenvalue weighted by molar-refractivity contribution is 6.14. The van der Waals surface area contributed by atoms with Crippen LogP contribution in [0, 0.1) is 5.82 Å². The maximum atomic E-state index is 12.9. The smallest absolute Gasteiger partial charge is 0.257 e. The Morgan fingerprint density at radius 1 is 1.32 bits per heavy atom. The predicted octanol–water partition coefficient (Wildman–Crippen LogP) is -0.705. The Morgan fingerprint density at radius 3 is 2.77 bits per heavy atom. The van der Waals surface area contributed by atoms with Crippen LogP contribution in [0.3, 0.4) is 0 Å². The van der Waals surface area contributed by atoms with Crippen molar-refractivity contribution in [3.05, 3.63) is 35.6 Å². The molecule has 0 radical (unpaired) electrons. The number of Topliss-reactive ketones (excluding diaryl/α,β-unsaturated/α-hetero) is 1. The van der Waals surface area contributed by atoms with E-state index in [0.717, 1.165) is 0 Å². The Morgan fingerprint density at radius 2 is 2.05 bits per heavy atom. The molecule has 2 N–H and O–H groups in total. The Hall–Kier alpha value is -2.77. The van der Waals surface area contributed by atoms with E-state index in [9.17, 15) is 18.8 Å². The predicted molar refractivity (Wildman–Crippen MR) is 74.7 cm³/mol. The molecule has 0 saturated carbocycles. The average Bonchev–Trinajstić information content (AvgIpc) is 2.50. The van der Waals surface area contributed by atoms with Gasteiger partial charge in [-0.1, -0.05) is 0 Å². The number of ketones is 1. The van der Waals surface area contributed by atoms with Crippen LogP contribution in [0.15, 0.2) is 29.3 Å². The topological polar surface area (TPSA) is 90.9 Å². The van der Waals surface area contributed by atoms with E-state index in [1.54, 1.807) is 0 Å². The number of nitrogens with zero attached hydrogens (tertiary/aromatic N) is 2. The van der Waals surface area contributed by atoms with Crippen LogP contribution in [-0.2, 0) is 9.59 Å². The molecule has 0 aromatic heterocycles. The average molecular weight is 304 g/mol. The molecule has 1 fully saturated rings. The third-order valence-corrected chi connectivity index (χ3v) is 3.51. The van der Waals surface area contributed by atoms with E-state index in [-0.39, 0.29) is 29.8 Å². The first-order valence-corrected chi connectivity index (χ1v) is 6.75. The Labute approximate surface area is 125 Å². The van der Waals surface area contributed by atoms with Crippen molar-refractivity contribution in [3.63, 3.8) is 0 Å². The molecule has 8 heteroatoms.